The molecule has 1 unspecified atom stereocenters. The Kier molecular flexibility index (Phi) is 4.51. The van der Waals surface area contributed by atoms with Gasteiger partial charge >= 0.3 is 0 Å². The zero-order valence-corrected chi connectivity index (χ0v) is 11.8. The summed E-state index contributed by atoms with van der Waals surface area (Å²) in [5.41, 5.74) is 1.91. The number of benzene rings is 1. The average Bonchev–Trinajstić information content (AvgIpc) is 2.46. The molecule has 0 radical (unpaired) electrons. The molecule has 1 saturated heterocycles. The smallest absolute Gasteiger partial charge is 0.103 e. The molecule has 1 N–H and O–H groups in total. The van der Waals surface area contributed by atoms with Crippen LogP contribution < -0.4 is 10.2 Å². The second-order valence-electron chi connectivity index (χ2n) is 4.54. The summed E-state index contributed by atoms with van der Waals surface area (Å²) in [6.45, 7) is 2.04. The Hall–Kier alpha value is -1.18. The van der Waals surface area contributed by atoms with Crippen LogP contribution in [0.5, 0.6) is 0 Å². The maximum absolute atomic E-state index is 9.38. The minimum atomic E-state index is 0.531. The maximum Gasteiger partial charge on any atom is 0.103 e. The van der Waals surface area contributed by atoms with E-state index in [0.29, 0.717) is 6.04 Å². The van der Waals surface area contributed by atoms with E-state index >= 15 is 0 Å². The molecule has 96 valence electrons. The Morgan fingerprint density at radius 3 is 3.00 bits per heavy atom. The Labute approximate surface area is 113 Å². The number of nitriles is 1. The molecule has 0 aliphatic carbocycles. The number of nitrogens with one attached hydrogen (secondary N) is 1. The molecule has 1 atom stereocenters. The molecule has 0 spiro atoms. The van der Waals surface area contributed by atoms with Gasteiger partial charge in [0.2, 0.25) is 0 Å². The first kappa shape index (κ1) is 13.3. The summed E-state index contributed by atoms with van der Waals surface area (Å²) in [6, 6.07) is 9.03. The van der Waals surface area contributed by atoms with Gasteiger partial charge in [-0.1, -0.05) is 6.07 Å². The van der Waals surface area contributed by atoms with E-state index < -0.39 is 0 Å². The van der Waals surface area contributed by atoms with Crippen LogP contribution in [0.3, 0.4) is 0 Å². The zero-order valence-electron chi connectivity index (χ0n) is 10.9. The molecule has 0 aromatic heterocycles. The van der Waals surface area contributed by atoms with E-state index in [1.165, 1.54) is 12.8 Å². The second kappa shape index (κ2) is 6.12. The first-order chi connectivity index (χ1) is 8.80. The van der Waals surface area contributed by atoms with Crippen LogP contribution in [0.15, 0.2) is 23.1 Å². The van der Waals surface area contributed by atoms with Crippen molar-refractivity contribution in [3.63, 3.8) is 0 Å². The Balaban J connectivity index is 2.30. The fourth-order valence-corrected chi connectivity index (χ4v) is 3.07. The molecule has 2 rings (SSSR count). The van der Waals surface area contributed by atoms with Crippen LogP contribution >= 0.6 is 11.8 Å². The number of hydrogen-bond donors (Lipinski definition) is 1. The number of piperidine rings is 1. The lowest BCUT2D eigenvalue weighted by Crippen LogP contribution is -2.44. The summed E-state index contributed by atoms with van der Waals surface area (Å²) in [5.74, 6) is 0. The highest BCUT2D eigenvalue weighted by Gasteiger charge is 2.21. The summed E-state index contributed by atoms with van der Waals surface area (Å²) >= 11 is 1.64. The first-order valence-corrected chi connectivity index (χ1v) is 7.52. The molecule has 18 heavy (non-hydrogen) atoms. The molecule has 0 amide bonds. The van der Waals surface area contributed by atoms with E-state index in [1.54, 1.807) is 11.8 Å². The maximum atomic E-state index is 9.38. The fourth-order valence-electron chi connectivity index (χ4n) is 2.50. The third-order valence-electron chi connectivity index (χ3n) is 3.51. The van der Waals surface area contributed by atoms with E-state index in [4.69, 9.17) is 0 Å². The quantitative estimate of drug-likeness (QED) is 0.848. The van der Waals surface area contributed by atoms with E-state index in [-0.39, 0.29) is 0 Å². The van der Waals surface area contributed by atoms with Crippen LogP contribution in [0.4, 0.5) is 5.69 Å². The molecule has 1 aromatic carbocycles. The molecule has 1 aliphatic heterocycles. The summed E-state index contributed by atoms with van der Waals surface area (Å²) in [4.78, 5) is 3.41. The van der Waals surface area contributed by atoms with E-state index in [0.717, 1.165) is 29.2 Å². The van der Waals surface area contributed by atoms with Crippen molar-refractivity contribution < 1.29 is 0 Å². The number of likely N-dealkylation sites (N-methyl/N-ethyl adjacent to an activating group) is 1. The van der Waals surface area contributed by atoms with Gasteiger partial charge in [0, 0.05) is 24.0 Å². The summed E-state index contributed by atoms with van der Waals surface area (Å²) in [7, 11) is 2.01. The van der Waals surface area contributed by atoms with Crippen LogP contribution in [0, 0.1) is 11.3 Å². The first-order valence-electron chi connectivity index (χ1n) is 6.29. The molecular weight excluding hydrogens is 242 g/mol. The highest BCUT2D eigenvalue weighted by atomic mass is 32.2. The van der Waals surface area contributed by atoms with Crippen LogP contribution in [0.1, 0.15) is 18.4 Å². The third kappa shape index (κ3) is 2.63. The fraction of sp³-hybridized carbons (Fsp3) is 0.500. The van der Waals surface area contributed by atoms with E-state index in [1.807, 2.05) is 25.4 Å². The number of anilines is 1. The Bertz CT molecular complexity index is 453. The normalized spacial score (nSPS) is 19.6. The van der Waals surface area contributed by atoms with Crippen molar-refractivity contribution >= 4 is 17.4 Å². The van der Waals surface area contributed by atoms with E-state index in [2.05, 4.69) is 22.4 Å². The molecule has 0 bridgehead atoms. The summed E-state index contributed by atoms with van der Waals surface area (Å²) in [6.07, 6.45) is 4.42. The van der Waals surface area contributed by atoms with Gasteiger partial charge in [0.05, 0.1) is 11.3 Å². The highest BCUT2D eigenvalue weighted by Crippen LogP contribution is 2.30. The average molecular weight is 261 g/mol. The van der Waals surface area contributed by atoms with Crippen molar-refractivity contribution in [1.29, 1.82) is 5.26 Å². The van der Waals surface area contributed by atoms with Gasteiger partial charge in [0.25, 0.3) is 0 Å². The predicted octanol–water partition coefficient (Wildman–Crippen LogP) is 2.47. The lowest BCUT2D eigenvalue weighted by atomic mass is 10.0. The molecule has 1 heterocycles. The summed E-state index contributed by atoms with van der Waals surface area (Å²) in [5, 5.41) is 12.7. The van der Waals surface area contributed by atoms with Crippen molar-refractivity contribution in [1.82, 2.24) is 5.32 Å². The van der Waals surface area contributed by atoms with E-state index in [9.17, 15) is 5.26 Å². The van der Waals surface area contributed by atoms with Gasteiger partial charge in [-0.05, 0) is 38.3 Å². The minimum Gasteiger partial charge on any atom is -0.369 e. The van der Waals surface area contributed by atoms with Crippen molar-refractivity contribution in [3.05, 3.63) is 23.8 Å². The third-order valence-corrected chi connectivity index (χ3v) is 4.29. The van der Waals surface area contributed by atoms with Crippen molar-refractivity contribution in [3.8, 4) is 6.07 Å². The molecule has 1 aromatic rings. The number of rotatable bonds is 3. The molecular formula is C14H19N3S. The van der Waals surface area contributed by atoms with Crippen LogP contribution in [0.2, 0.25) is 0 Å². The van der Waals surface area contributed by atoms with Crippen LogP contribution in [0.25, 0.3) is 0 Å². The van der Waals surface area contributed by atoms with Gasteiger partial charge in [0.15, 0.2) is 0 Å². The lowest BCUT2D eigenvalue weighted by Gasteiger charge is -2.35. The molecule has 1 aliphatic rings. The number of hydrogen-bond acceptors (Lipinski definition) is 4. The summed E-state index contributed by atoms with van der Waals surface area (Å²) < 4.78 is 0. The highest BCUT2D eigenvalue weighted by molar-refractivity contribution is 7.98. The van der Waals surface area contributed by atoms with Gasteiger partial charge in [-0.2, -0.15) is 5.26 Å². The van der Waals surface area contributed by atoms with Gasteiger partial charge in [-0.25, -0.2) is 0 Å². The molecule has 0 saturated carbocycles. The van der Waals surface area contributed by atoms with Crippen molar-refractivity contribution in [2.24, 2.45) is 0 Å². The Morgan fingerprint density at radius 1 is 1.50 bits per heavy atom. The molecule has 3 nitrogen and oxygen atoms in total. The van der Waals surface area contributed by atoms with Crippen molar-refractivity contribution in [2.45, 2.75) is 23.8 Å². The van der Waals surface area contributed by atoms with Crippen LogP contribution in [-0.2, 0) is 0 Å². The molecule has 4 heteroatoms. The monoisotopic (exact) mass is 261 g/mol. The minimum absolute atomic E-state index is 0.531. The zero-order chi connectivity index (χ0) is 13.0. The van der Waals surface area contributed by atoms with Crippen LogP contribution in [-0.4, -0.2) is 32.4 Å². The van der Waals surface area contributed by atoms with Gasteiger partial charge < -0.3 is 10.2 Å². The van der Waals surface area contributed by atoms with Crippen molar-refractivity contribution in [2.75, 3.05) is 31.3 Å². The Morgan fingerprint density at radius 2 is 2.33 bits per heavy atom. The van der Waals surface area contributed by atoms with Gasteiger partial charge in [-0.3, -0.25) is 0 Å². The number of nitrogens with zero attached hydrogens (tertiary/aromatic N) is 2. The lowest BCUT2D eigenvalue weighted by molar-refractivity contribution is 0.449. The standard InChI is InChI=1S/C14H19N3S/c1-16-11-5-4-8-17(10-11)13-6-3-7-14(18-2)12(13)9-15/h3,6-7,11,16H,4-5,8,10H2,1-2H3. The second-order valence-corrected chi connectivity index (χ2v) is 5.39. The predicted molar refractivity (Wildman–Crippen MR) is 77.2 cm³/mol. The van der Waals surface area contributed by atoms with Gasteiger partial charge in [-0.15, -0.1) is 11.8 Å². The topological polar surface area (TPSA) is 39.1 Å². The molecule has 1 fully saturated rings. The largest absolute Gasteiger partial charge is 0.369 e. The SMILES string of the molecule is CNC1CCCN(c2cccc(SC)c2C#N)C1. The number of thioether (sulfide) groups is 1. The van der Waals surface area contributed by atoms with Gasteiger partial charge in [0.1, 0.15) is 6.07 Å².